The summed E-state index contributed by atoms with van der Waals surface area (Å²) >= 11 is 0. The molecule has 1 heterocycles. The Morgan fingerprint density at radius 2 is 1.92 bits per heavy atom. The van der Waals surface area contributed by atoms with Gasteiger partial charge in [0.15, 0.2) is 11.4 Å². The standard InChI is InChI=1S/C20H19N3O3/c1-13-8-9-16(14-6-4-3-5-7-14)15(10-13)11-23-12-17(24)19(25)18(22-23)20(26)21-2/h3-10,12,24H,11H2,1-2H3,(H,21,26). The number of carbonyl (C=O) groups excluding carboxylic acids is 1. The van der Waals surface area contributed by atoms with Crippen molar-refractivity contribution in [2.45, 2.75) is 13.5 Å². The van der Waals surface area contributed by atoms with Crippen LogP contribution in [0.4, 0.5) is 0 Å². The van der Waals surface area contributed by atoms with Crippen molar-refractivity contribution in [3.8, 4) is 16.9 Å². The lowest BCUT2D eigenvalue weighted by Crippen LogP contribution is -2.29. The van der Waals surface area contributed by atoms with Crippen LogP contribution in [0.25, 0.3) is 11.1 Å². The molecule has 2 N–H and O–H groups in total. The third-order valence-electron chi connectivity index (χ3n) is 4.07. The normalized spacial score (nSPS) is 10.5. The minimum absolute atomic E-state index is 0.309. The Morgan fingerprint density at radius 3 is 2.62 bits per heavy atom. The van der Waals surface area contributed by atoms with Crippen LogP contribution in [0.1, 0.15) is 21.6 Å². The fourth-order valence-electron chi connectivity index (χ4n) is 2.80. The van der Waals surface area contributed by atoms with E-state index in [1.54, 1.807) is 0 Å². The smallest absolute Gasteiger partial charge is 0.275 e. The predicted molar refractivity (Wildman–Crippen MR) is 99.3 cm³/mol. The van der Waals surface area contributed by atoms with Crippen molar-refractivity contribution in [3.05, 3.63) is 81.8 Å². The number of nitrogens with zero attached hydrogens (tertiary/aromatic N) is 2. The third-order valence-corrected chi connectivity index (χ3v) is 4.07. The molecule has 0 radical (unpaired) electrons. The molecule has 2 aromatic carbocycles. The molecule has 0 saturated heterocycles. The van der Waals surface area contributed by atoms with Crippen LogP contribution in [0, 0.1) is 6.92 Å². The van der Waals surface area contributed by atoms with Gasteiger partial charge in [0.2, 0.25) is 0 Å². The number of rotatable bonds is 4. The zero-order valence-corrected chi connectivity index (χ0v) is 14.6. The second kappa shape index (κ2) is 7.23. The van der Waals surface area contributed by atoms with Crippen molar-refractivity contribution < 1.29 is 9.90 Å². The Kier molecular flexibility index (Phi) is 4.84. The van der Waals surface area contributed by atoms with E-state index in [1.165, 1.54) is 17.9 Å². The second-order valence-corrected chi connectivity index (χ2v) is 6.00. The van der Waals surface area contributed by atoms with Crippen molar-refractivity contribution >= 4 is 5.91 Å². The van der Waals surface area contributed by atoms with Crippen LogP contribution in [0.15, 0.2) is 59.5 Å². The molecule has 0 spiro atoms. The summed E-state index contributed by atoms with van der Waals surface area (Å²) in [7, 11) is 1.41. The summed E-state index contributed by atoms with van der Waals surface area (Å²) in [6, 6.07) is 16.0. The van der Waals surface area contributed by atoms with Gasteiger partial charge in [-0.2, -0.15) is 5.10 Å². The lowest BCUT2D eigenvalue weighted by Gasteiger charge is -2.13. The molecule has 26 heavy (non-hydrogen) atoms. The van der Waals surface area contributed by atoms with Crippen LogP contribution in [-0.2, 0) is 6.54 Å². The van der Waals surface area contributed by atoms with Crippen molar-refractivity contribution in [3.63, 3.8) is 0 Å². The molecule has 6 heteroatoms. The fraction of sp³-hybridized carbons (Fsp3) is 0.150. The first-order valence-corrected chi connectivity index (χ1v) is 8.17. The maximum absolute atomic E-state index is 11.9. The third kappa shape index (κ3) is 3.49. The van der Waals surface area contributed by atoms with Crippen molar-refractivity contribution in [2.75, 3.05) is 7.05 Å². The number of benzene rings is 2. The van der Waals surface area contributed by atoms with E-state index in [4.69, 9.17) is 0 Å². The molecule has 0 unspecified atom stereocenters. The quantitative estimate of drug-likeness (QED) is 0.757. The summed E-state index contributed by atoms with van der Waals surface area (Å²) in [5.41, 5.74) is 3.01. The SMILES string of the molecule is CNC(=O)c1nn(Cc2cc(C)ccc2-c2ccccc2)cc(O)c1=O. The van der Waals surface area contributed by atoms with E-state index in [2.05, 4.69) is 10.4 Å². The summed E-state index contributed by atoms with van der Waals surface area (Å²) in [4.78, 5) is 23.8. The Labute approximate surface area is 150 Å². The molecule has 0 saturated carbocycles. The van der Waals surface area contributed by atoms with Gasteiger partial charge >= 0.3 is 0 Å². The summed E-state index contributed by atoms with van der Waals surface area (Å²) in [6.07, 6.45) is 1.24. The van der Waals surface area contributed by atoms with E-state index in [0.717, 1.165) is 22.3 Å². The van der Waals surface area contributed by atoms with Crippen LogP contribution < -0.4 is 10.7 Å². The minimum atomic E-state index is -0.784. The van der Waals surface area contributed by atoms with Gasteiger partial charge in [0.1, 0.15) is 0 Å². The summed E-state index contributed by atoms with van der Waals surface area (Å²) < 4.78 is 1.41. The highest BCUT2D eigenvalue weighted by Crippen LogP contribution is 2.25. The lowest BCUT2D eigenvalue weighted by molar-refractivity contribution is 0.0954. The largest absolute Gasteiger partial charge is 0.503 e. The highest BCUT2D eigenvalue weighted by Gasteiger charge is 2.16. The van der Waals surface area contributed by atoms with Crippen LogP contribution in [-0.4, -0.2) is 27.8 Å². The van der Waals surface area contributed by atoms with Gasteiger partial charge in [0.25, 0.3) is 11.3 Å². The molecule has 0 bridgehead atoms. The molecular weight excluding hydrogens is 330 g/mol. The summed E-state index contributed by atoms with van der Waals surface area (Å²) in [5.74, 6) is -1.14. The van der Waals surface area contributed by atoms with Crippen LogP contribution in [0.3, 0.4) is 0 Å². The molecule has 6 nitrogen and oxygen atoms in total. The first-order valence-electron chi connectivity index (χ1n) is 8.17. The Morgan fingerprint density at radius 1 is 1.19 bits per heavy atom. The average molecular weight is 349 g/mol. The molecule has 0 atom stereocenters. The average Bonchev–Trinajstić information content (AvgIpc) is 2.64. The fourth-order valence-corrected chi connectivity index (χ4v) is 2.80. The minimum Gasteiger partial charge on any atom is -0.503 e. The van der Waals surface area contributed by atoms with E-state index in [9.17, 15) is 14.7 Å². The van der Waals surface area contributed by atoms with E-state index in [0.29, 0.717) is 6.54 Å². The molecule has 1 aromatic heterocycles. The van der Waals surface area contributed by atoms with Crippen LogP contribution >= 0.6 is 0 Å². The molecule has 3 rings (SSSR count). The monoisotopic (exact) mass is 349 g/mol. The lowest BCUT2D eigenvalue weighted by atomic mass is 9.98. The Bertz CT molecular complexity index is 1010. The zero-order chi connectivity index (χ0) is 18.7. The summed E-state index contributed by atoms with van der Waals surface area (Å²) in [6.45, 7) is 2.30. The van der Waals surface area contributed by atoms with Gasteiger partial charge in [-0.15, -0.1) is 0 Å². The highest BCUT2D eigenvalue weighted by molar-refractivity contribution is 5.92. The van der Waals surface area contributed by atoms with Crippen molar-refractivity contribution in [1.82, 2.24) is 15.1 Å². The second-order valence-electron chi connectivity index (χ2n) is 6.00. The maximum atomic E-state index is 11.9. The molecule has 0 aliphatic heterocycles. The highest BCUT2D eigenvalue weighted by atomic mass is 16.3. The predicted octanol–water partition coefficient (Wildman–Crippen LogP) is 2.33. The number of aromatic nitrogens is 2. The molecule has 0 aliphatic carbocycles. The van der Waals surface area contributed by atoms with Crippen molar-refractivity contribution in [1.29, 1.82) is 0 Å². The number of hydrogen-bond acceptors (Lipinski definition) is 4. The topological polar surface area (TPSA) is 84.2 Å². The maximum Gasteiger partial charge on any atom is 0.275 e. The summed E-state index contributed by atoms with van der Waals surface area (Å²) in [5, 5.41) is 16.3. The van der Waals surface area contributed by atoms with E-state index in [-0.39, 0.29) is 5.69 Å². The van der Waals surface area contributed by atoms with Gasteiger partial charge in [0, 0.05) is 7.05 Å². The number of carbonyl (C=O) groups is 1. The van der Waals surface area contributed by atoms with Gasteiger partial charge in [-0.3, -0.25) is 14.3 Å². The first-order chi connectivity index (χ1) is 12.5. The number of aromatic hydroxyl groups is 1. The Hall–Kier alpha value is -3.41. The molecular formula is C20H19N3O3. The Balaban J connectivity index is 2.07. The molecule has 0 aliphatic rings. The van der Waals surface area contributed by atoms with Gasteiger partial charge < -0.3 is 10.4 Å². The molecule has 3 aromatic rings. The molecule has 132 valence electrons. The van der Waals surface area contributed by atoms with Gasteiger partial charge in [-0.25, -0.2) is 0 Å². The zero-order valence-electron chi connectivity index (χ0n) is 14.6. The van der Waals surface area contributed by atoms with E-state index in [1.807, 2.05) is 55.5 Å². The first kappa shape index (κ1) is 17.4. The van der Waals surface area contributed by atoms with Crippen LogP contribution in [0.2, 0.25) is 0 Å². The van der Waals surface area contributed by atoms with Crippen molar-refractivity contribution in [2.24, 2.45) is 0 Å². The number of nitrogens with one attached hydrogen (secondary N) is 1. The van der Waals surface area contributed by atoms with Gasteiger partial charge in [-0.05, 0) is 23.6 Å². The van der Waals surface area contributed by atoms with E-state index >= 15 is 0 Å². The molecule has 0 fully saturated rings. The van der Waals surface area contributed by atoms with E-state index < -0.39 is 17.1 Å². The van der Waals surface area contributed by atoms with Crippen LogP contribution in [0.5, 0.6) is 5.75 Å². The van der Waals surface area contributed by atoms with Gasteiger partial charge in [-0.1, -0.05) is 54.1 Å². The van der Waals surface area contributed by atoms with Gasteiger partial charge in [0.05, 0.1) is 12.7 Å². The molecule has 1 amide bonds. The number of amides is 1. The number of hydrogen-bond donors (Lipinski definition) is 2. The number of aryl methyl sites for hydroxylation is 1.